The van der Waals surface area contributed by atoms with E-state index in [0.717, 1.165) is 0 Å². The highest BCUT2D eigenvalue weighted by Gasteiger charge is 2.10. The Kier molecular flexibility index (Phi) is 10.1. The van der Waals surface area contributed by atoms with Gasteiger partial charge in [0.2, 0.25) is 6.33 Å². The molecule has 0 fully saturated rings. The maximum Gasteiger partial charge on any atom is 0.252 e. The maximum atomic E-state index is 8.33. The van der Waals surface area contributed by atoms with Crippen LogP contribution in [0.1, 0.15) is 45.0 Å². The van der Waals surface area contributed by atoms with Gasteiger partial charge in [0, 0.05) is 6.92 Å². The smallest absolute Gasteiger partial charge is 0.252 e. The van der Waals surface area contributed by atoms with Crippen LogP contribution in [-0.4, -0.2) is 15.7 Å². The first-order chi connectivity index (χ1) is 10.8. The summed E-state index contributed by atoms with van der Waals surface area (Å²) in [5, 5.41) is 16.7. The van der Waals surface area contributed by atoms with E-state index in [-0.39, 0.29) is 0 Å². The zero-order valence-electron chi connectivity index (χ0n) is 14.7. The fourth-order valence-corrected chi connectivity index (χ4v) is 2.09. The number of carbonyl (C=O) groups is 1. The Morgan fingerprint density at radius 3 is 2.22 bits per heavy atom. The summed E-state index contributed by atoms with van der Waals surface area (Å²) in [6.07, 6.45) is 11.6. The minimum atomic E-state index is -2.33. The zero-order chi connectivity index (χ0) is 17.8. The number of H-pyrrole nitrogens is 1. The van der Waals surface area contributed by atoms with Gasteiger partial charge in [0.05, 0.1) is 14.1 Å². The molecule has 2 heterocycles. The second-order valence-corrected chi connectivity index (χ2v) is 5.23. The van der Waals surface area contributed by atoms with Gasteiger partial charge in [-0.1, -0.05) is 20.3 Å². The number of nitrogens with one attached hydrogen (secondary N) is 1. The molecule has 0 aromatic carbocycles. The summed E-state index contributed by atoms with van der Waals surface area (Å²) in [5.74, 6) is 1.27. The number of nitrogens with zero attached hydrogens (tertiary/aromatic N) is 3. The number of imidazole rings is 2. The lowest BCUT2D eigenvalue weighted by Crippen LogP contribution is -2.37. The molecule has 0 spiro atoms. The molecular formula is C16H28N4O3. The monoisotopic (exact) mass is 324 g/mol. The molecule has 1 unspecified atom stereocenters. The minimum Gasteiger partial charge on any atom is -0.652 e. The number of hydrogen-bond donors (Lipinski definition) is 1. The predicted molar refractivity (Wildman–Crippen MR) is 81.9 cm³/mol. The van der Waals surface area contributed by atoms with Crippen LogP contribution in [0.25, 0.3) is 0 Å². The van der Waals surface area contributed by atoms with Gasteiger partial charge in [-0.15, -0.1) is 0 Å². The second-order valence-electron chi connectivity index (χ2n) is 5.23. The van der Waals surface area contributed by atoms with Crippen molar-refractivity contribution in [2.24, 2.45) is 14.1 Å². The van der Waals surface area contributed by atoms with Crippen LogP contribution in [0.2, 0.25) is 0 Å². The molecule has 0 saturated heterocycles. The molecule has 0 radical (unpaired) electrons. The largest absolute Gasteiger partial charge is 0.652 e. The van der Waals surface area contributed by atoms with Crippen molar-refractivity contribution < 1.29 is 24.1 Å². The van der Waals surface area contributed by atoms with Crippen molar-refractivity contribution in [3.05, 3.63) is 36.9 Å². The molecule has 0 saturated carbocycles. The standard InChI is InChI=1S/C9H16N2.C6H11N2.CH2O3/c1-3-5-9(4-2)11-7-6-10-8-11;1-6-7(2)4-5-8(6)3;2-1(3)4/h6-9H,3-5H2,1-2H3;4-5H,1-3H3;(H2,2,3,4)/q;+1;/p-1. The van der Waals surface area contributed by atoms with E-state index in [9.17, 15) is 0 Å². The van der Waals surface area contributed by atoms with Gasteiger partial charge >= 0.3 is 0 Å². The van der Waals surface area contributed by atoms with Gasteiger partial charge in [-0.3, -0.25) is 4.98 Å². The quantitative estimate of drug-likeness (QED) is 0.787. The summed E-state index contributed by atoms with van der Waals surface area (Å²) in [4.78, 5) is 11.4. The highest BCUT2D eigenvalue weighted by Crippen LogP contribution is 2.08. The number of aromatic amines is 1. The van der Waals surface area contributed by atoms with Gasteiger partial charge in [-0.25, -0.2) is 13.7 Å². The van der Waals surface area contributed by atoms with E-state index in [1.165, 1.54) is 25.1 Å². The number of rotatable bonds is 4. The predicted octanol–water partition coefficient (Wildman–Crippen LogP) is -0.236. The summed E-state index contributed by atoms with van der Waals surface area (Å²) in [5.41, 5.74) is 0. The topological polar surface area (TPSA) is 91.7 Å². The van der Waals surface area contributed by atoms with Crippen LogP contribution in [0, 0.1) is 6.92 Å². The van der Waals surface area contributed by atoms with E-state index in [1.54, 1.807) is 0 Å². The number of aromatic nitrogens is 4. The molecule has 0 amide bonds. The van der Waals surface area contributed by atoms with E-state index in [1.807, 2.05) is 39.0 Å². The van der Waals surface area contributed by atoms with Crippen molar-refractivity contribution in [1.82, 2.24) is 9.55 Å². The Bertz CT molecular complexity index is 526. The molecule has 7 nitrogen and oxygen atoms in total. The summed E-state index contributed by atoms with van der Waals surface area (Å²) in [6, 6.07) is 0.686. The van der Waals surface area contributed by atoms with Gasteiger partial charge in [-0.2, -0.15) is 0 Å². The third-order valence-corrected chi connectivity index (χ3v) is 3.62. The van der Waals surface area contributed by atoms with Crippen molar-refractivity contribution in [2.45, 2.75) is 46.1 Å². The van der Waals surface area contributed by atoms with Gasteiger partial charge in [0.25, 0.3) is 5.82 Å². The second kappa shape index (κ2) is 11.3. The van der Waals surface area contributed by atoms with Crippen LogP contribution < -0.4 is 19.3 Å². The molecule has 130 valence electrons. The van der Waals surface area contributed by atoms with Crippen LogP contribution in [-0.2, 0) is 14.1 Å². The van der Waals surface area contributed by atoms with E-state index in [4.69, 9.17) is 15.0 Å². The molecule has 2 aromatic rings. The Hall–Kier alpha value is -2.31. The number of carbonyl (C=O) groups excluding carboxylic acids is 1. The lowest BCUT2D eigenvalue weighted by molar-refractivity contribution is -0.722. The maximum absolute atomic E-state index is 8.33. The van der Waals surface area contributed by atoms with Gasteiger partial charge < -0.3 is 15.0 Å². The van der Waals surface area contributed by atoms with Crippen LogP contribution in [0.15, 0.2) is 31.1 Å². The molecule has 7 heteroatoms. The molecule has 1 atom stereocenters. The van der Waals surface area contributed by atoms with E-state index in [0.29, 0.717) is 6.04 Å². The third-order valence-electron chi connectivity index (χ3n) is 3.62. The zero-order valence-corrected chi connectivity index (χ0v) is 14.7. The van der Waals surface area contributed by atoms with E-state index >= 15 is 0 Å². The number of hydrogen-bond acceptors (Lipinski definition) is 3. The summed E-state index contributed by atoms with van der Waals surface area (Å²) in [7, 11) is 4.07. The van der Waals surface area contributed by atoms with Crippen LogP contribution >= 0.6 is 0 Å². The highest BCUT2D eigenvalue weighted by molar-refractivity contribution is 5.47. The van der Waals surface area contributed by atoms with Crippen molar-refractivity contribution >= 4 is 6.16 Å². The van der Waals surface area contributed by atoms with Crippen molar-refractivity contribution in [1.29, 1.82) is 0 Å². The summed E-state index contributed by atoms with van der Waals surface area (Å²) < 4.78 is 6.42. The molecule has 1 N–H and O–H groups in total. The average Bonchev–Trinajstić information content (AvgIpc) is 3.11. The lowest BCUT2D eigenvalue weighted by atomic mass is 10.1. The summed E-state index contributed by atoms with van der Waals surface area (Å²) >= 11 is 0. The fraction of sp³-hybridized carbons (Fsp3) is 0.562. The Morgan fingerprint density at radius 2 is 1.96 bits per heavy atom. The van der Waals surface area contributed by atoms with Crippen molar-refractivity contribution in [3.8, 4) is 0 Å². The van der Waals surface area contributed by atoms with Crippen LogP contribution in [0.5, 0.6) is 0 Å². The molecule has 2 rings (SSSR count). The van der Waals surface area contributed by atoms with Gasteiger partial charge in [-0.05, 0) is 19.0 Å². The van der Waals surface area contributed by atoms with E-state index in [2.05, 4.69) is 45.7 Å². The molecular weight excluding hydrogens is 296 g/mol. The first-order valence-corrected chi connectivity index (χ1v) is 7.72. The molecule has 0 aliphatic rings. The third kappa shape index (κ3) is 8.65. The molecule has 0 aliphatic carbocycles. The average molecular weight is 324 g/mol. The molecule has 2 aromatic heterocycles. The first kappa shape index (κ1) is 20.7. The van der Waals surface area contributed by atoms with Crippen molar-refractivity contribution in [3.63, 3.8) is 0 Å². The Labute approximate surface area is 137 Å². The highest BCUT2D eigenvalue weighted by atomic mass is 16.6. The van der Waals surface area contributed by atoms with Crippen LogP contribution in [0.3, 0.4) is 0 Å². The van der Waals surface area contributed by atoms with Gasteiger partial charge in [0.1, 0.15) is 30.8 Å². The minimum absolute atomic E-state index is 0.686. The van der Waals surface area contributed by atoms with Gasteiger partial charge in [0.15, 0.2) is 0 Å². The molecule has 0 bridgehead atoms. The normalized spacial score (nSPS) is 10.8. The van der Waals surface area contributed by atoms with Crippen LogP contribution in [0.4, 0.5) is 4.79 Å². The SMILES string of the molecule is CCCC(CC)[n+]1cc[nH]c1.Cc1n(C)cc[n+]1C.O=C([O-])[O-]. The Morgan fingerprint density at radius 1 is 1.35 bits per heavy atom. The number of carboxylic acid groups (broad SMARTS) is 2. The lowest BCUT2D eigenvalue weighted by Gasteiger charge is -2.08. The molecule has 23 heavy (non-hydrogen) atoms. The summed E-state index contributed by atoms with van der Waals surface area (Å²) in [6.45, 7) is 6.55. The number of aryl methyl sites for hydroxylation is 2. The van der Waals surface area contributed by atoms with E-state index < -0.39 is 6.16 Å². The first-order valence-electron chi connectivity index (χ1n) is 7.72. The van der Waals surface area contributed by atoms with Crippen molar-refractivity contribution in [2.75, 3.05) is 0 Å². The Balaban J connectivity index is 0.000000354. The fourth-order valence-electron chi connectivity index (χ4n) is 2.09. The molecule has 0 aliphatic heterocycles.